The molecule has 0 aromatic heterocycles. The monoisotopic (exact) mass is 466 g/mol. The fourth-order valence-electron chi connectivity index (χ4n) is 4.13. The third kappa shape index (κ3) is 7.09. The van der Waals surface area contributed by atoms with Gasteiger partial charge in [-0.1, -0.05) is 68.1 Å². The van der Waals surface area contributed by atoms with Crippen LogP contribution >= 0.6 is 23.4 Å². The van der Waals surface area contributed by atoms with Gasteiger partial charge in [0.25, 0.3) is 0 Å². The van der Waals surface area contributed by atoms with Crippen LogP contribution in [0.5, 0.6) is 0 Å². The van der Waals surface area contributed by atoms with Crippen molar-refractivity contribution >= 4 is 34.7 Å². The van der Waals surface area contributed by atoms with Gasteiger partial charge >= 0.3 is 0 Å². The van der Waals surface area contributed by atoms with Gasteiger partial charge in [-0.05, 0) is 43.2 Å². The fourth-order valence-corrected chi connectivity index (χ4v) is 5.37. The summed E-state index contributed by atoms with van der Waals surface area (Å²) in [4.78, 5) is 5.11. The zero-order chi connectivity index (χ0) is 20.7. The number of hydrogen-bond donors (Lipinski definition) is 0. The first-order valence-electron chi connectivity index (χ1n) is 11.2. The van der Waals surface area contributed by atoms with E-state index in [2.05, 4.69) is 62.3 Å². The molecule has 0 radical (unpaired) electrons. The highest BCUT2D eigenvalue weighted by molar-refractivity contribution is 7.99. The highest BCUT2D eigenvalue weighted by Gasteiger charge is 2.24. The molecule has 2 aromatic carbocycles. The number of unbranched alkanes of at least 4 members (excludes halogenated alkanes) is 5. The second-order valence-electron chi connectivity index (χ2n) is 8.84. The van der Waals surface area contributed by atoms with Crippen LogP contribution in [0, 0.1) is 0 Å². The lowest BCUT2D eigenvalue weighted by molar-refractivity contribution is -0.890. The first kappa shape index (κ1) is 25.4. The molecule has 0 unspecified atom stereocenters. The first-order chi connectivity index (χ1) is 14.0. The topological polar surface area (TPSA) is 3.24 Å². The SMILES string of the molecule is CCCCCCCC[N+](C)(C)CCCN1c2ccccc2Sc2ccc(Cl)cc21.[Cl-]. The maximum Gasteiger partial charge on any atom is 0.0799 e. The summed E-state index contributed by atoms with van der Waals surface area (Å²) in [6.07, 6.45) is 9.41. The second kappa shape index (κ2) is 12.2. The molecular weight excluding hydrogens is 431 g/mol. The highest BCUT2D eigenvalue weighted by Crippen LogP contribution is 2.48. The molecule has 5 heteroatoms. The van der Waals surface area contributed by atoms with Crippen LogP contribution in [0.3, 0.4) is 0 Å². The van der Waals surface area contributed by atoms with Gasteiger partial charge in [-0.2, -0.15) is 0 Å². The van der Waals surface area contributed by atoms with Crippen molar-refractivity contribution in [1.29, 1.82) is 0 Å². The van der Waals surface area contributed by atoms with Crippen LogP contribution < -0.4 is 17.3 Å². The maximum absolute atomic E-state index is 6.34. The Bertz CT molecular complexity index is 794. The molecule has 30 heavy (non-hydrogen) atoms. The third-order valence-corrected chi connectivity index (χ3v) is 7.22. The Morgan fingerprint density at radius 1 is 0.833 bits per heavy atom. The Hall–Kier alpha value is -0.870. The van der Waals surface area contributed by atoms with Gasteiger partial charge in [-0.15, -0.1) is 0 Å². The van der Waals surface area contributed by atoms with Crippen LogP contribution in [0.4, 0.5) is 11.4 Å². The summed E-state index contributed by atoms with van der Waals surface area (Å²) in [6.45, 7) is 5.80. The highest BCUT2D eigenvalue weighted by atomic mass is 35.5. The predicted octanol–water partition coefficient (Wildman–Crippen LogP) is 4.77. The van der Waals surface area contributed by atoms with E-state index in [1.165, 1.54) is 79.2 Å². The molecule has 0 bridgehead atoms. The van der Waals surface area contributed by atoms with E-state index >= 15 is 0 Å². The van der Waals surface area contributed by atoms with Crippen molar-refractivity contribution in [1.82, 2.24) is 0 Å². The van der Waals surface area contributed by atoms with Gasteiger partial charge in [0.15, 0.2) is 0 Å². The van der Waals surface area contributed by atoms with Crippen molar-refractivity contribution in [2.24, 2.45) is 0 Å². The van der Waals surface area contributed by atoms with Gasteiger partial charge < -0.3 is 21.8 Å². The molecule has 0 fully saturated rings. The van der Waals surface area contributed by atoms with Crippen molar-refractivity contribution in [2.75, 3.05) is 38.6 Å². The minimum Gasteiger partial charge on any atom is -1.00 e. The number of halogens is 2. The summed E-state index contributed by atoms with van der Waals surface area (Å²) < 4.78 is 1.11. The van der Waals surface area contributed by atoms with Gasteiger partial charge in [0.2, 0.25) is 0 Å². The number of para-hydroxylation sites is 1. The Balaban J connectivity index is 0.00000320. The molecule has 1 heterocycles. The quantitative estimate of drug-likeness (QED) is 0.346. The molecule has 0 spiro atoms. The Morgan fingerprint density at radius 3 is 2.30 bits per heavy atom. The van der Waals surface area contributed by atoms with E-state index < -0.39 is 0 Å². The van der Waals surface area contributed by atoms with Crippen LogP contribution in [-0.4, -0.2) is 38.2 Å². The number of anilines is 2. The summed E-state index contributed by atoms with van der Waals surface area (Å²) in [5.74, 6) is 0. The van der Waals surface area contributed by atoms with Gasteiger partial charge in [-0.3, -0.25) is 0 Å². The van der Waals surface area contributed by atoms with Gasteiger partial charge in [0, 0.05) is 27.8 Å². The van der Waals surface area contributed by atoms with E-state index in [0.717, 1.165) is 16.1 Å². The average molecular weight is 468 g/mol. The van der Waals surface area contributed by atoms with E-state index in [1.807, 2.05) is 17.8 Å². The molecule has 0 N–H and O–H groups in total. The van der Waals surface area contributed by atoms with Crippen molar-refractivity contribution in [3.8, 4) is 0 Å². The first-order valence-corrected chi connectivity index (χ1v) is 12.4. The fraction of sp³-hybridized carbons (Fsp3) is 0.520. The number of fused-ring (bicyclic) bond motifs is 2. The third-order valence-electron chi connectivity index (χ3n) is 5.85. The molecule has 0 saturated heterocycles. The van der Waals surface area contributed by atoms with E-state index in [9.17, 15) is 0 Å². The number of rotatable bonds is 11. The van der Waals surface area contributed by atoms with E-state index in [1.54, 1.807) is 0 Å². The Morgan fingerprint density at radius 2 is 1.50 bits per heavy atom. The average Bonchev–Trinajstić information content (AvgIpc) is 2.70. The smallest absolute Gasteiger partial charge is 0.0799 e. The van der Waals surface area contributed by atoms with Gasteiger partial charge in [-0.25, -0.2) is 0 Å². The van der Waals surface area contributed by atoms with Crippen LogP contribution in [0.15, 0.2) is 52.3 Å². The molecule has 0 saturated carbocycles. The lowest BCUT2D eigenvalue weighted by Crippen LogP contribution is -3.00. The van der Waals surface area contributed by atoms with E-state index in [-0.39, 0.29) is 12.4 Å². The minimum absolute atomic E-state index is 0. The van der Waals surface area contributed by atoms with Crippen LogP contribution in [0.2, 0.25) is 5.02 Å². The summed E-state index contributed by atoms with van der Waals surface area (Å²) in [6, 6.07) is 15.0. The van der Waals surface area contributed by atoms with Crippen LogP contribution in [-0.2, 0) is 0 Å². The minimum atomic E-state index is 0. The molecule has 1 aliphatic rings. The number of nitrogens with zero attached hydrogens (tertiary/aromatic N) is 2. The maximum atomic E-state index is 6.34. The van der Waals surface area contributed by atoms with Gasteiger partial charge in [0.1, 0.15) is 0 Å². The molecule has 3 rings (SSSR count). The molecule has 2 nitrogen and oxygen atoms in total. The lowest BCUT2D eigenvalue weighted by atomic mass is 10.1. The Kier molecular flexibility index (Phi) is 10.4. The van der Waals surface area contributed by atoms with Crippen molar-refractivity contribution in [3.05, 3.63) is 47.5 Å². The van der Waals surface area contributed by atoms with Crippen molar-refractivity contribution < 1.29 is 16.9 Å². The molecular formula is C25H36Cl2N2S. The summed E-state index contributed by atoms with van der Waals surface area (Å²) in [5.41, 5.74) is 2.57. The number of quaternary nitrogens is 1. The summed E-state index contributed by atoms with van der Waals surface area (Å²) in [7, 11) is 4.77. The van der Waals surface area contributed by atoms with Crippen molar-refractivity contribution in [2.45, 2.75) is 61.7 Å². The van der Waals surface area contributed by atoms with E-state index in [4.69, 9.17) is 11.6 Å². The molecule has 0 atom stereocenters. The van der Waals surface area contributed by atoms with Crippen molar-refractivity contribution in [3.63, 3.8) is 0 Å². The van der Waals surface area contributed by atoms with Crippen LogP contribution in [0.1, 0.15) is 51.9 Å². The van der Waals surface area contributed by atoms with Crippen LogP contribution in [0.25, 0.3) is 0 Å². The number of hydrogen-bond acceptors (Lipinski definition) is 2. The summed E-state index contributed by atoms with van der Waals surface area (Å²) >= 11 is 8.19. The largest absolute Gasteiger partial charge is 1.00 e. The summed E-state index contributed by atoms with van der Waals surface area (Å²) in [5, 5.41) is 0.813. The standard InChI is InChI=1S/C25H36ClN2S.ClH/c1-4-5-6-7-8-11-18-28(2,3)19-12-17-27-22-13-9-10-14-24(22)29-25-16-15-21(26)20-23(25)27;/h9-10,13-16,20H,4-8,11-12,17-19H2,1-3H3;1H/q+1;/p-1. The zero-order valence-corrected chi connectivity index (χ0v) is 21.0. The Labute approximate surface area is 199 Å². The molecule has 166 valence electrons. The molecule has 2 aromatic rings. The normalized spacial score (nSPS) is 12.9. The molecule has 0 amide bonds. The van der Waals surface area contributed by atoms with E-state index in [0.29, 0.717) is 0 Å². The predicted molar refractivity (Wildman–Crippen MR) is 129 cm³/mol. The zero-order valence-electron chi connectivity index (χ0n) is 18.7. The number of benzene rings is 2. The molecule has 0 aliphatic carbocycles. The second-order valence-corrected chi connectivity index (χ2v) is 10.4. The molecule has 1 aliphatic heterocycles. The lowest BCUT2D eigenvalue weighted by Gasteiger charge is -2.35. The van der Waals surface area contributed by atoms with Gasteiger partial charge in [0.05, 0.1) is 38.6 Å².